The highest BCUT2D eigenvalue weighted by atomic mass is 16.4. The van der Waals surface area contributed by atoms with Crippen molar-refractivity contribution in [3.63, 3.8) is 0 Å². The molecule has 1 saturated heterocycles. The molecule has 0 spiro atoms. The molecule has 1 aromatic rings. The molecule has 0 unspecified atom stereocenters. The van der Waals surface area contributed by atoms with Gasteiger partial charge >= 0.3 is 0 Å². The number of oxazole rings is 1. The summed E-state index contributed by atoms with van der Waals surface area (Å²) in [6.45, 7) is 2.64. The number of carbonyl (C=O) groups excluding carboxylic acids is 2. The first kappa shape index (κ1) is 9.89. The van der Waals surface area contributed by atoms with E-state index in [0.717, 1.165) is 5.76 Å². The second kappa shape index (κ2) is 3.84. The molecule has 1 aliphatic rings. The Hall–Kier alpha value is -1.65. The third-order valence-electron chi connectivity index (χ3n) is 2.36. The van der Waals surface area contributed by atoms with Gasteiger partial charge in [0.05, 0.1) is 19.2 Å². The van der Waals surface area contributed by atoms with Gasteiger partial charge in [0.25, 0.3) is 0 Å². The van der Waals surface area contributed by atoms with Crippen LogP contribution in [0.4, 0.5) is 0 Å². The van der Waals surface area contributed by atoms with Gasteiger partial charge in [0, 0.05) is 13.0 Å². The van der Waals surface area contributed by atoms with Crippen LogP contribution in [0, 0.1) is 6.92 Å². The number of rotatable bonds is 2. The van der Waals surface area contributed by atoms with Crippen molar-refractivity contribution < 1.29 is 14.0 Å². The van der Waals surface area contributed by atoms with Crippen LogP contribution in [-0.2, 0) is 16.1 Å². The van der Waals surface area contributed by atoms with Gasteiger partial charge in [-0.25, -0.2) is 4.98 Å². The lowest BCUT2D eigenvalue weighted by Gasteiger charge is -2.24. The van der Waals surface area contributed by atoms with Crippen molar-refractivity contribution in [2.45, 2.75) is 26.3 Å². The van der Waals surface area contributed by atoms with Gasteiger partial charge in [-0.3, -0.25) is 9.59 Å². The molecule has 1 amide bonds. The number of nitrogens with zero attached hydrogens (tertiary/aromatic N) is 2. The van der Waals surface area contributed by atoms with Gasteiger partial charge < -0.3 is 9.32 Å². The standard InChI is InChI=1S/C10H12N2O3/c1-7-5-11-9(15-7)6-12-3-2-8(13)4-10(12)14/h5H,2-4,6H2,1H3. The van der Waals surface area contributed by atoms with E-state index in [-0.39, 0.29) is 18.1 Å². The molecule has 5 heteroatoms. The Kier molecular flexibility index (Phi) is 2.53. The molecule has 0 N–H and O–H groups in total. The molecular formula is C10H12N2O3. The Morgan fingerprint density at radius 2 is 2.33 bits per heavy atom. The summed E-state index contributed by atoms with van der Waals surface area (Å²) in [5.41, 5.74) is 0. The van der Waals surface area contributed by atoms with E-state index >= 15 is 0 Å². The Labute approximate surface area is 87.1 Å². The zero-order chi connectivity index (χ0) is 10.8. The Morgan fingerprint density at radius 1 is 1.53 bits per heavy atom. The molecule has 0 aromatic carbocycles. The van der Waals surface area contributed by atoms with Crippen LogP contribution in [0.3, 0.4) is 0 Å². The minimum atomic E-state index is -0.137. The van der Waals surface area contributed by atoms with Gasteiger partial charge in [-0.1, -0.05) is 0 Å². The van der Waals surface area contributed by atoms with Gasteiger partial charge in [0.15, 0.2) is 0 Å². The zero-order valence-electron chi connectivity index (χ0n) is 8.52. The number of likely N-dealkylation sites (tertiary alicyclic amines) is 1. The molecule has 2 rings (SSSR count). The summed E-state index contributed by atoms with van der Waals surface area (Å²) in [7, 11) is 0. The second-order valence-electron chi connectivity index (χ2n) is 3.65. The normalized spacial score (nSPS) is 17.3. The highest BCUT2D eigenvalue weighted by molar-refractivity contribution is 6.00. The summed E-state index contributed by atoms with van der Waals surface area (Å²) in [6, 6.07) is 0. The molecule has 1 aromatic heterocycles. The zero-order valence-corrected chi connectivity index (χ0v) is 8.52. The molecule has 1 aliphatic heterocycles. The van der Waals surface area contributed by atoms with Gasteiger partial charge in [-0.15, -0.1) is 0 Å². The Bertz CT molecular complexity index is 397. The summed E-state index contributed by atoms with van der Waals surface area (Å²) in [4.78, 5) is 28.1. The van der Waals surface area contributed by atoms with Crippen LogP contribution < -0.4 is 0 Å². The van der Waals surface area contributed by atoms with E-state index in [9.17, 15) is 9.59 Å². The van der Waals surface area contributed by atoms with E-state index < -0.39 is 0 Å². The fourth-order valence-electron chi connectivity index (χ4n) is 1.56. The van der Waals surface area contributed by atoms with E-state index in [1.165, 1.54) is 0 Å². The van der Waals surface area contributed by atoms with E-state index in [2.05, 4.69) is 4.98 Å². The lowest BCUT2D eigenvalue weighted by Crippen LogP contribution is -2.38. The number of carbonyl (C=O) groups is 2. The molecule has 0 aliphatic carbocycles. The number of Topliss-reactive ketones (excluding diaryl/α,β-unsaturated/α-hetero) is 1. The first-order valence-corrected chi connectivity index (χ1v) is 4.86. The quantitative estimate of drug-likeness (QED) is 0.670. The minimum absolute atomic E-state index is 0.0136. The van der Waals surface area contributed by atoms with E-state index in [0.29, 0.717) is 25.4 Å². The fraction of sp³-hybridized carbons (Fsp3) is 0.500. The molecule has 15 heavy (non-hydrogen) atoms. The van der Waals surface area contributed by atoms with Crippen molar-refractivity contribution in [3.05, 3.63) is 17.8 Å². The average molecular weight is 208 g/mol. The number of aryl methyl sites for hydroxylation is 1. The van der Waals surface area contributed by atoms with Crippen LogP contribution in [-0.4, -0.2) is 28.1 Å². The summed E-state index contributed by atoms with van der Waals surface area (Å²) in [5, 5.41) is 0. The van der Waals surface area contributed by atoms with E-state index in [4.69, 9.17) is 4.42 Å². The van der Waals surface area contributed by atoms with Crippen molar-refractivity contribution in [1.82, 2.24) is 9.88 Å². The summed E-state index contributed by atoms with van der Waals surface area (Å²) in [5.74, 6) is 1.13. The lowest BCUT2D eigenvalue weighted by molar-refractivity contribution is -0.140. The topological polar surface area (TPSA) is 63.4 Å². The molecule has 80 valence electrons. The average Bonchev–Trinajstić information content (AvgIpc) is 2.56. The predicted molar refractivity (Wildman–Crippen MR) is 50.9 cm³/mol. The Morgan fingerprint density at radius 3 is 2.93 bits per heavy atom. The van der Waals surface area contributed by atoms with E-state index in [1.807, 2.05) is 0 Å². The molecule has 2 heterocycles. The number of piperidine rings is 1. The SMILES string of the molecule is Cc1cnc(CN2CCC(=O)CC2=O)o1. The minimum Gasteiger partial charge on any atom is -0.444 e. The largest absolute Gasteiger partial charge is 0.444 e. The molecule has 0 bridgehead atoms. The number of ketones is 1. The van der Waals surface area contributed by atoms with Gasteiger partial charge in [-0.2, -0.15) is 0 Å². The third-order valence-corrected chi connectivity index (χ3v) is 2.36. The Balaban J connectivity index is 2.00. The predicted octanol–water partition coefficient (Wildman–Crippen LogP) is 0.675. The van der Waals surface area contributed by atoms with Crippen LogP contribution in [0.1, 0.15) is 24.5 Å². The van der Waals surface area contributed by atoms with Crippen LogP contribution in [0.15, 0.2) is 10.6 Å². The smallest absolute Gasteiger partial charge is 0.230 e. The van der Waals surface area contributed by atoms with Gasteiger partial charge in [0.1, 0.15) is 11.5 Å². The summed E-state index contributed by atoms with van der Waals surface area (Å²) >= 11 is 0. The molecule has 5 nitrogen and oxygen atoms in total. The van der Waals surface area contributed by atoms with Gasteiger partial charge in [-0.05, 0) is 6.92 Å². The van der Waals surface area contributed by atoms with Crippen molar-refractivity contribution in [2.75, 3.05) is 6.54 Å². The molecule has 0 radical (unpaired) electrons. The van der Waals surface area contributed by atoms with Crippen LogP contribution in [0.2, 0.25) is 0 Å². The fourth-order valence-corrected chi connectivity index (χ4v) is 1.56. The molecule has 1 fully saturated rings. The first-order chi connectivity index (χ1) is 7.15. The molecule has 0 atom stereocenters. The highest BCUT2D eigenvalue weighted by Gasteiger charge is 2.24. The monoisotopic (exact) mass is 208 g/mol. The maximum Gasteiger partial charge on any atom is 0.230 e. The molecular weight excluding hydrogens is 196 g/mol. The van der Waals surface area contributed by atoms with Gasteiger partial charge in [0.2, 0.25) is 11.8 Å². The van der Waals surface area contributed by atoms with Crippen molar-refractivity contribution in [1.29, 1.82) is 0 Å². The highest BCUT2D eigenvalue weighted by Crippen LogP contribution is 2.12. The second-order valence-corrected chi connectivity index (χ2v) is 3.65. The first-order valence-electron chi connectivity index (χ1n) is 4.86. The number of hydrogen-bond acceptors (Lipinski definition) is 4. The third kappa shape index (κ3) is 2.23. The van der Waals surface area contributed by atoms with Crippen molar-refractivity contribution in [2.24, 2.45) is 0 Å². The lowest BCUT2D eigenvalue weighted by atomic mass is 10.1. The summed E-state index contributed by atoms with van der Waals surface area (Å²) in [6.07, 6.45) is 2.07. The summed E-state index contributed by atoms with van der Waals surface area (Å²) < 4.78 is 5.27. The maximum absolute atomic E-state index is 11.5. The number of hydrogen-bond donors (Lipinski definition) is 0. The van der Waals surface area contributed by atoms with Crippen LogP contribution in [0.5, 0.6) is 0 Å². The maximum atomic E-state index is 11.5. The van der Waals surface area contributed by atoms with Crippen molar-refractivity contribution >= 4 is 11.7 Å². The van der Waals surface area contributed by atoms with Crippen LogP contribution >= 0.6 is 0 Å². The van der Waals surface area contributed by atoms with E-state index in [1.54, 1.807) is 18.0 Å². The number of aromatic nitrogens is 1. The molecule has 0 saturated carbocycles. The van der Waals surface area contributed by atoms with Crippen molar-refractivity contribution in [3.8, 4) is 0 Å². The number of amides is 1. The van der Waals surface area contributed by atoms with Crippen LogP contribution in [0.25, 0.3) is 0 Å².